The molecular formula is C17H32O2. The molecule has 1 N–H and O–H groups in total. The highest BCUT2D eigenvalue weighted by molar-refractivity contribution is 5.17. The summed E-state index contributed by atoms with van der Waals surface area (Å²) in [4.78, 5) is 0. The van der Waals surface area contributed by atoms with Crippen LogP contribution in [-0.2, 0) is 4.74 Å². The Bertz CT molecular complexity index is 290. The summed E-state index contributed by atoms with van der Waals surface area (Å²) in [6.45, 7) is 10.3. The van der Waals surface area contributed by atoms with E-state index in [0.717, 1.165) is 25.6 Å². The van der Waals surface area contributed by atoms with Crippen LogP contribution in [-0.4, -0.2) is 24.4 Å². The highest BCUT2D eigenvalue weighted by atomic mass is 16.6. The summed E-state index contributed by atoms with van der Waals surface area (Å²) < 4.78 is 5.83. The second-order valence-electron chi connectivity index (χ2n) is 6.71. The van der Waals surface area contributed by atoms with Gasteiger partial charge in [-0.15, -0.1) is 0 Å². The van der Waals surface area contributed by atoms with Crippen LogP contribution in [0.25, 0.3) is 0 Å². The molecule has 1 aliphatic carbocycles. The van der Waals surface area contributed by atoms with Gasteiger partial charge in [0.05, 0.1) is 12.2 Å². The Labute approximate surface area is 119 Å². The van der Waals surface area contributed by atoms with Gasteiger partial charge in [0.25, 0.3) is 0 Å². The lowest BCUT2D eigenvalue weighted by Crippen LogP contribution is -2.32. The van der Waals surface area contributed by atoms with Gasteiger partial charge in [-0.1, -0.05) is 32.4 Å². The average Bonchev–Trinajstić information content (AvgIpc) is 3.11. The molecule has 2 aliphatic rings. The second kappa shape index (κ2) is 7.44. The number of ether oxygens (including phenoxy) is 1. The summed E-state index contributed by atoms with van der Waals surface area (Å²) in [6, 6.07) is 0. The normalized spacial score (nSPS) is 34.2. The Hall–Kier alpha value is -0.340. The van der Waals surface area contributed by atoms with Crippen molar-refractivity contribution in [2.75, 3.05) is 13.7 Å². The molecule has 2 rings (SSSR count). The van der Waals surface area contributed by atoms with Gasteiger partial charge >= 0.3 is 0 Å². The average molecular weight is 268 g/mol. The molecule has 0 radical (unpaired) electrons. The maximum absolute atomic E-state index is 7.00. The standard InChI is InChI=1S/C16H28O.CH4O/c1-12(2)6-5-7-14(4)15-9-8-13(3)10-16(15)11-17-16;1-2/h7,12-13,15H,5-6,8-11H2,1-4H3;2H,1H3/b14-7+;/t13-,15?,16?;/m0./s1. The second-order valence-corrected chi connectivity index (χ2v) is 6.71. The first-order chi connectivity index (χ1) is 9.03. The zero-order valence-electron chi connectivity index (χ0n) is 13.4. The van der Waals surface area contributed by atoms with Crippen molar-refractivity contribution in [3.8, 4) is 0 Å². The largest absolute Gasteiger partial charge is 0.400 e. The molecule has 1 saturated carbocycles. The number of hydrogen-bond acceptors (Lipinski definition) is 2. The minimum atomic E-state index is 0.260. The van der Waals surface area contributed by atoms with Crippen LogP contribution in [0.3, 0.4) is 0 Å². The molecule has 19 heavy (non-hydrogen) atoms. The van der Waals surface area contributed by atoms with Crippen molar-refractivity contribution in [1.29, 1.82) is 0 Å². The lowest BCUT2D eigenvalue weighted by Gasteiger charge is -2.33. The van der Waals surface area contributed by atoms with Gasteiger partial charge in [0.1, 0.15) is 0 Å². The summed E-state index contributed by atoms with van der Waals surface area (Å²) in [7, 11) is 1.00. The van der Waals surface area contributed by atoms with Crippen molar-refractivity contribution in [1.82, 2.24) is 0 Å². The lowest BCUT2D eigenvalue weighted by molar-refractivity contribution is 0.148. The predicted octanol–water partition coefficient (Wildman–Crippen LogP) is 4.18. The fraction of sp³-hybridized carbons (Fsp3) is 0.882. The van der Waals surface area contributed by atoms with E-state index >= 15 is 0 Å². The van der Waals surface area contributed by atoms with Gasteiger partial charge in [0, 0.05) is 13.0 Å². The van der Waals surface area contributed by atoms with E-state index in [4.69, 9.17) is 9.84 Å². The monoisotopic (exact) mass is 268 g/mol. The van der Waals surface area contributed by atoms with Crippen LogP contribution in [0.5, 0.6) is 0 Å². The van der Waals surface area contributed by atoms with Crippen LogP contribution in [0.15, 0.2) is 11.6 Å². The topological polar surface area (TPSA) is 32.8 Å². The van der Waals surface area contributed by atoms with Crippen molar-refractivity contribution in [2.24, 2.45) is 17.8 Å². The molecule has 1 aliphatic heterocycles. The highest BCUT2D eigenvalue weighted by Gasteiger charge is 2.54. The number of hydrogen-bond donors (Lipinski definition) is 1. The molecule has 2 heteroatoms. The van der Waals surface area contributed by atoms with Crippen molar-refractivity contribution in [2.45, 2.75) is 65.4 Å². The molecule has 0 aromatic rings. The van der Waals surface area contributed by atoms with Gasteiger partial charge in [0.15, 0.2) is 0 Å². The van der Waals surface area contributed by atoms with Crippen LogP contribution in [0.4, 0.5) is 0 Å². The van der Waals surface area contributed by atoms with Crippen molar-refractivity contribution < 1.29 is 9.84 Å². The van der Waals surface area contributed by atoms with E-state index < -0.39 is 0 Å². The maximum Gasteiger partial charge on any atom is 0.0983 e. The van der Waals surface area contributed by atoms with Crippen LogP contribution in [0.2, 0.25) is 0 Å². The molecular weight excluding hydrogens is 236 g/mol. The third-order valence-electron chi connectivity index (χ3n) is 4.55. The molecule has 112 valence electrons. The Kier molecular flexibility index (Phi) is 6.55. The van der Waals surface area contributed by atoms with Gasteiger partial charge in [0.2, 0.25) is 0 Å². The molecule has 0 aromatic heterocycles. The number of rotatable bonds is 4. The van der Waals surface area contributed by atoms with Crippen LogP contribution < -0.4 is 0 Å². The molecule has 1 saturated heterocycles. The first-order valence-electron chi connectivity index (χ1n) is 7.79. The van der Waals surface area contributed by atoms with Crippen LogP contribution in [0, 0.1) is 17.8 Å². The molecule has 0 amide bonds. The van der Waals surface area contributed by atoms with E-state index in [1.54, 1.807) is 5.57 Å². The van der Waals surface area contributed by atoms with Gasteiger partial charge in [-0.3, -0.25) is 0 Å². The number of aliphatic hydroxyl groups excluding tert-OH is 1. The maximum atomic E-state index is 7.00. The molecule has 2 fully saturated rings. The van der Waals surface area contributed by atoms with Crippen molar-refractivity contribution in [3.05, 3.63) is 11.6 Å². The summed E-state index contributed by atoms with van der Waals surface area (Å²) >= 11 is 0. The van der Waals surface area contributed by atoms with E-state index in [1.807, 2.05) is 0 Å². The Balaban J connectivity index is 0.000000861. The molecule has 2 unspecified atom stereocenters. The Morgan fingerprint density at radius 1 is 1.37 bits per heavy atom. The smallest absolute Gasteiger partial charge is 0.0983 e. The predicted molar refractivity (Wildman–Crippen MR) is 81.2 cm³/mol. The van der Waals surface area contributed by atoms with Gasteiger partial charge in [-0.05, 0) is 50.9 Å². The van der Waals surface area contributed by atoms with Gasteiger partial charge < -0.3 is 9.84 Å². The highest BCUT2D eigenvalue weighted by Crippen LogP contribution is 2.50. The Morgan fingerprint density at radius 3 is 2.53 bits per heavy atom. The SMILES string of the molecule is C/C(=C\CCC(C)C)C1CC[C@H](C)CC12CO2.CO. The Morgan fingerprint density at radius 2 is 2.00 bits per heavy atom. The zero-order valence-corrected chi connectivity index (χ0v) is 13.4. The molecule has 1 spiro atoms. The van der Waals surface area contributed by atoms with Crippen LogP contribution >= 0.6 is 0 Å². The van der Waals surface area contributed by atoms with E-state index in [-0.39, 0.29) is 5.60 Å². The van der Waals surface area contributed by atoms with Crippen LogP contribution in [0.1, 0.15) is 59.8 Å². The summed E-state index contributed by atoms with van der Waals surface area (Å²) in [5.74, 6) is 2.39. The fourth-order valence-corrected chi connectivity index (χ4v) is 3.39. The van der Waals surface area contributed by atoms with Crippen molar-refractivity contribution >= 4 is 0 Å². The quantitative estimate of drug-likeness (QED) is 0.613. The molecule has 3 atom stereocenters. The molecule has 0 bridgehead atoms. The summed E-state index contributed by atoms with van der Waals surface area (Å²) in [5.41, 5.74) is 1.85. The molecule has 1 heterocycles. The zero-order chi connectivity index (χ0) is 14.5. The van der Waals surface area contributed by atoms with E-state index in [9.17, 15) is 0 Å². The van der Waals surface area contributed by atoms with E-state index in [2.05, 4.69) is 33.8 Å². The number of aliphatic hydroxyl groups is 1. The summed E-state index contributed by atoms with van der Waals surface area (Å²) in [6.07, 6.45) is 9.04. The van der Waals surface area contributed by atoms with E-state index in [0.29, 0.717) is 5.92 Å². The van der Waals surface area contributed by atoms with Crippen molar-refractivity contribution in [3.63, 3.8) is 0 Å². The van der Waals surface area contributed by atoms with Gasteiger partial charge in [-0.25, -0.2) is 0 Å². The summed E-state index contributed by atoms with van der Waals surface area (Å²) in [5, 5.41) is 7.00. The first-order valence-corrected chi connectivity index (χ1v) is 7.79. The number of allylic oxidation sites excluding steroid dienone is 1. The lowest BCUT2D eigenvalue weighted by atomic mass is 9.71. The number of epoxide rings is 1. The molecule has 2 nitrogen and oxygen atoms in total. The third kappa shape index (κ3) is 4.61. The minimum Gasteiger partial charge on any atom is -0.400 e. The van der Waals surface area contributed by atoms with E-state index in [1.165, 1.54) is 32.1 Å². The fourth-order valence-electron chi connectivity index (χ4n) is 3.39. The first kappa shape index (κ1) is 16.7. The minimum absolute atomic E-state index is 0.260. The van der Waals surface area contributed by atoms with Gasteiger partial charge in [-0.2, -0.15) is 0 Å². The third-order valence-corrected chi connectivity index (χ3v) is 4.55. The molecule has 0 aromatic carbocycles.